The summed E-state index contributed by atoms with van der Waals surface area (Å²) in [5, 5.41) is 12.8. The third-order valence-electron chi connectivity index (χ3n) is 3.69. The molecule has 7 nitrogen and oxygen atoms in total. The Labute approximate surface area is 120 Å². The first-order chi connectivity index (χ1) is 10.1. The van der Waals surface area contributed by atoms with Crippen molar-refractivity contribution in [2.24, 2.45) is 0 Å². The molecular weight excluding hydrogens is 272 g/mol. The summed E-state index contributed by atoms with van der Waals surface area (Å²) in [6.45, 7) is 0.657. The number of carbonyl (C=O) groups is 1. The van der Waals surface area contributed by atoms with Crippen LogP contribution in [0, 0.1) is 0 Å². The fraction of sp³-hybridized carbons (Fsp3) is 0.429. The highest BCUT2D eigenvalue weighted by Gasteiger charge is 2.26. The summed E-state index contributed by atoms with van der Waals surface area (Å²) < 4.78 is 1.26. The van der Waals surface area contributed by atoms with Crippen molar-refractivity contribution in [2.45, 2.75) is 31.5 Å². The van der Waals surface area contributed by atoms with Crippen LogP contribution >= 0.6 is 0 Å². The Morgan fingerprint density at radius 3 is 3.10 bits per heavy atom. The predicted octanol–water partition coefficient (Wildman–Crippen LogP) is -0.527. The number of hydrogen-bond donors (Lipinski definition) is 2. The van der Waals surface area contributed by atoms with Gasteiger partial charge in [0.15, 0.2) is 11.3 Å². The van der Waals surface area contributed by atoms with Gasteiger partial charge in [-0.05, 0) is 25.1 Å². The molecule has 21 heavy (non-hydrogen) atoms. The van der Waals surface area contributed by atoms with Gasteiger partial charge >= 0.3 is 0 Å². The average Bonchev–Trinajstić information content (AvgIpc) is 2.87. The number of nitrogens with one attached hydrogen (secondary N) is 1. The molecule has 1 aliphatic heterocycles. The van der Waals surface area contributed by atoms with Gasteiger partial charge < -0.3 is 10.4 Å². The smallest absolute Gasteiger partial charge is 0.280 e. The van der Waals surface area contributed by atoms with Crippen LogP contribution in [0.3, 0.4) is 0 Å². The van der Waals surface area contributed by atoms with Crippen LogP contribution in [0.15, 0.2) is 29.5 Å². The maximum atomic E-state index is 12.2. The highest BCUT2D eigenvalue weighted by Crippen LogP contribution is 2.11. The summed E-state index contributed by atoms with van der Waals surface area (Å²) in [6, 6.07) is 3.19. The second kappa shape index (κ2) is 5.71. The van der Waals surface area contributed by atoms with Gasteiger partial charge in [-0.2, -0.15) is 0 Å². The molecular formula is C14H16N4O3. The first-order valence-corrected chi connectivity index (χ1v) is 6.88. The SMILES string of the molecule is O=C(C[C@H]1NCC[C@@H]1O)Cn1cnc2cccnc2c1=O. The minimum atomic E-state index is -0.498. The van der Waals surface area contributed by atoms with E-state index in [0.29, 0.717) is 18.5 Å². The fourth-order valence-electron chi connectivity index (χ4n) is 2.56. The molecule has 1 aliphatic rings. The first kappa shape index (κ1) is 13.8. The van der Waals surface area contributed by atoms with Crippen molar-refractivity contribution in [3.05, 3.63) is 35.0 Å². The van der Waals surface area contributed by atoms with Crippen molar-refractivity contribution in [1.82, 2.24) is 19.9 Å². The van der Waals surface area contributed by atoms with E-state index in [2.05, 4.69) is 15.3 Å². The van der Waals surface area contributed by atoms with Crippen molar-refractivity contribution in [2.75, 3.05) is 6.54 Å². The normalized spacial score (nSPS) is 21.8. The molecule has 3 heterocycles. The maximum Gasteiger partial charge on any atom is 0.280 e. The van der Waals surface area contributed by atoms with Crippen molar-refractivity contribution in [3.8, 4) is 0 Å². The van der Waals surface area contributed by atoms with Crippen LogP contribution in [-0.2, 0) is 11.3 Å². The zero-order valence-corrected chi connectivity index (χ0v) is 11.4. The lowest BCUT2D eigenvalue weighted by Crippen LogP contribution is -2.34. The van der Waals surface area contributed by atoms with E-state index in [1.165, 1.54) is 17.1 Å². The molecule has 2 aromatic rings. The summed E-state index contributed by atoms with van der Waals surface area (Å²) in [6.07, 6.45) is 3.24. The fourth-order valence-corrected chi connectivity index (χ4v) is 2.56. The zero-order valence-electron chi connectivity index (χ0n) is 11.4. The summed E-state index contributed by atoms with van der Waals surface area (Å²) >= 11 is 0. The number of nitrogens with zero attached hydrogens (tertiary/aromatic N) is 3. The van der Waals surface area contributed by atoms with Crippen LogP contribution in [0.1, 0.15) is 12.8 Å². The van der Waals surface area contributed by atoms with Crippen LogP contribution in [-0.4, -0.2) is 44.1 Å². The Hall–Kier alpha value is -2.12. The molecule has 1 saturated heterocycles. The minimum Gasteiger partial charge on any atom is -0.391 e. The molecule has 1 fully saturated rings. The van der Waals surface area contributed by atoms with Crippen LogP contribution in [0.2, 0.25) is 0 Å². The molecule has 110 valence electrons. The molecule has 0 bridgehead atoms. The Kier molecular flexibility index (Phi) is 3.76. The second-order valence-electron chi connectivity index (χ2n) is 5.21. The number of carbonyl (C=O) groups excluding carboxylic acids is 1. The lowest BCUT2D eigenvalue weighted by Gasteiger charge is -2.14. The van der Waals surface area contributed by atoms with Gasteiger partial charge in [-0.15, -0.1) is 0 Å². The van der Waals surface area contributed by atoms with Crippen molar-refractivity contribution < 1.29 is 9.90 Å². The van der Waals surface area contributed by atoms with Gasteiger partial charge in [0.2, 0.25) is 0 Å². The van der Waals surface area contributed by atoms with Crippen molar-refractivity contribution in [3.63, 3.8) is 0 Å². The minimum absolute atomic E-state index is 0.0523. The molecule has 3 rings (SSSR count). The monoisotopic (exact) mass is 288 g/mol. The first-order valence-electron chi connectivity index (χ1n) is 6.88. The number of aliphatic hydroxyl groups excluding tert-OH is 1. The number of aliphatic hydroxyl groups is 1. The topological polar surface area (TPSA) is 97.1 Å². The van der Waals surface area contributed by atoms with E-state index in [0.717, 1.165) is 0 Å². The van der Waals surface area contributed by atoms with Crippen LogP contribution < -0.4 is 10.9 Å². The predicted molar refractivity (Wildman–Crippen MR) is 75.8 cm³/mol. The second-order valence-corrected chi connectivity index (χ2v) is 5.21. The number of ketones is 1. The molecule has 2 atom stereocenters. The molecule has 7 heteroatoms. The number of Topliss-reactive ketones (excluding diaryl/α,β-unsaturated/α-hetero) is 1. The highest BCUT2D eigenvalue weighted by molar-refractivity contribution is 5.79. The number of fused-ring (bicyclic) bond motifs is 1. The van der Waals surface area contributed by atoms with Gasteiger partial charge in [-0.1, -0.05) is 0 Å². The molecule has 0 aliphatic carbocycles. The quantitative estimate of drug-likeness (QED) is 0.785. The number of rotatable bonds is 4. The van der Waals surface area contributed by atoms with E-state index in [4.69, 9.17) is 0 Å². The molecule has 0 unspecified atom stereocenters. The molecule has 2 N–H and O–H groups in total. The Morgan fingerprint density at radius 2 is 2.33 bits per heavy atom. The molecule has 0 radical (unpaired) electrons. The molecule has 0 spiro atoms. The van der Waals surface area contributed by atoms with E-state index in [-0.39, 0.29) is 35.9 Å². The molecule has 0 aromatic carbocycles. The van der Waals surface area contributed by atoms with Gasteiger partial charge in [0, 0.05) is 18.7 Å². The summed E-state index contributed by atoms with van der Waals surface area (Å²) in [7, 11) is 0. The Balaban J connectivity index is 1.77. The third kappa shape index (κ3) is 2.84. The number of hydrogen-bond acceptors (Lipinski definition) is 6. The molecule has 2 aromatic heterocycles. The maximum absolute atomic E-state index is 12.2. The Morgan fingerprint density at radius 1 is 1.48 bits per heavy atom. The largest absolute Gasteiger partial charge is 0.391 e. The summed E-state index contributed by atoms with van der Waals surface area (Å²) in [4.78, 5) is 32.4. The van der Waals surface area contributed by atoms with Gasteiger partial charge in [-0.3, -0.25) is 14.2 Å². The van der Waals surface area contributed by atoms with Gasteiger partial charge in [0.05, 0.1) is 24.5 Å². The summed E-state index contributed by atoms with van der Waals surface area (Å²) in [5.74, 6) is -0.118. The van der Waals surface area contributed by atoms with Gasteiger partial charge in [0.25, 0.3) is 5.56 Å². The van der Waals surface area contributed by atoms with Gasteiger partial charge in [-0.25, -0.2) is 9.97 Å². The van der Waals surface area contributed by atoms with E-state index < -0.39 is 6.10 Å². The average molecular weight is 288 g/mol. The lowest BCUT2D eigenvalue weighted by molar-refractivity contribution is -0.120. The Bertz CT molecular complexity index is 727. The van der Waals surface area contributed by atoms with Crippen molar-refractivity contribution in [1.29, 1.82) is 0 Å². The van der Waals surface area contributed by atoms with E-state index in [1.807, 2.05) is 0 Å². The van der Waals surface area contributed by atoms with Crippen LogP contribution in [0.25, 0.3) is 11.0 Å². The molecule has 0 amide bonds. The van der Waals surface area contributed by atoms with E-state index in [1.54, 1.807) is 12.1 Å². The zero-order chi connectivity index (χ0) is 14.8. The van der Waals surface area contributed by atoms with Crippen LogP contribution in [0.4, 0.5) is 0 Å². The number of pyridine rings is 1. The van der Waals surface area contributed by atoms with Crippen LogP contribution in [0.5, 0.6) is 0 Å². The van der Waals surface area contributed by atoms with E-state index in [9.17, 15) is 14.7 Å². The number of aromatic nitrogens is 3. The van der Waals surface area contributed by atoms with E-state index >= 15 is 0 Å². The molecule has 0 saturated carbocycles. The van der Waals surface area contributed by atoms with Crippen molar-refractivity contribution >= 4 is 16.8 Å². The highest BCUT2D eigenvalue weighted by atomic mass is 16.3. The summed E-state index contributed by atoms with van der Waals surface area (Å²) in [5.41, 5.74) is 0.444. The lowest BCUT2D eigenvalue weighted by atomic mass is 10.1. The van der Waals surface area contributed by atoms with Gasteiger partial charge in [0.1, 0.15) is 0 Å². The standard InChI is InChI=1S/C14H16N4O3/c19-9(6-11-12(20)3-5-15-11)7-18-8-17-10-2-1-4-16-13(10)14(18)21/h1-2,4,8,11-12,15,20H,3,5-7H2/t11-,12+/m1/s1. The third-order valence-corrected chi connectivity index (χ3v) is 3.69.